The number of ether oxygens (including phenoxy) is 1. The van der Waals surface area contributed by atoms with Gasteiger partial charge in [-0.3, -0.25) is 4.79 Å². The topological polar surface area (TPSA) is 49.8 Å². The number of unbranched alkanes of at least 4 members (excludes halogenated alkanes) is 6. The average molecular weight is 322 g/mol. The first-order chi connectivity index (χ1) is 11.2. The molecule has 0 aromatic carbocycles. The molecule has 0 aliphatic carbocycles. The molecule has 1 fully saturated rings. The van der Waals surface area contributed by atoms with E-state index in [9.17, 15) is 4.79 Å². The lowest BCUT2D eigenvalue weighted by Gasteiger charge is -1.97. The molecule has 0 amide bonds. The van der Waals surface area contributed by atoms with Crippen LogP contribution in [0.1, 0.15) is 84.0 Å². The number of allylic oxidation sites excluding steroid dienone is 3. The van der Waals surface area contributed by atoms with E-state index >= 15 is 0 Å². The molecule has 1 saturated heterocycles. The van der Waals surface area contributed by atoms with Crippen molar-refractivity contribution in [2.75, 3.05) is 0 Å². The fraction of sp³-hybridized carbons (Fsp3) is 0.750. The average Bonchev–Trinajstić information content (AvgIpc) is 3.26. The lowest BCUT2D eigenvalue weighted by atomic mass is 10.1. The van der Waals surface area contributed by atoms with Gasteiger partial charge in [0.15, 0.2) is 0 Å². The van der Waals surface area contributed by atoms with Crippen LogP contribution in [0.15, 0.2) is 24.3 Å². The smallest absolute Gasteiger partial charge is 0.303 e. The predicted molar refractivity (Wildman–Crippen MR) is 95.7 cm³/mol. The molecule has 1 aliphatic rings. The molecule has 1 aliphatic heterocycles. The summed E-state index contributed by atoms with van der Waals surface area (Å²) < 4.78 is 5.54. The summed E-state index contributed by atoms with van der Waals surface area (Å²) in [6.45, 7) is 2.26. The van der Waals surface area contributed by atoms with Crippen molar-refractivity contribution in [3.63, 3.8) is 0 Å². The summed E-state index contributed by atoms with van der Waals surface area (Å²) in [5.41, 5.74) is 0. The summed E-state index contributed by atoms with van der Waals surface area (Å²) in [6, 6.07) is 0. The lowest BCUT2D eigenvalue weighted by molar-refractivity contribution is -0.137. The Kier molecular flexibility index (Phi) is 11.6. The molecule has 2 unspecified atom stereocenters. The maximum atomic E-state index is 10.4. The lowest BCUT2D eigenvalue weighted by Crippen LogP contribution is -1.97. The van der Waals surface area contributed by atoms with E-state index in [1.807, 2.05) is 0 Å². The Morgan fingerprint density at radius 1 is 0.957 bits per heavy atom. The highest BCUT2D eigenvalue weighted by atomic mass is 16.6. The van der Waals surface area contributed by atoms with Crippen LogP contribution in [0, 0.1) is 0 Å². The van der Waals surface area contributed by atoms with Crippen LogP contribution < -0.4 is 0 Å². The van der Waals surface area contributed by atoms with E-state index in [0.29, 0.717) is 12.2 Å². The molecular formula is C20H34O3. The molecule has 0 bridgehead atoms. The molecule has 1 N–H and O–H groups in total. The first-order valence-corrected chi connectivity index (χ1v) is 9.41. The van der Waals surface area contributed by atoms with Crippen LogP contribution in [-0.4, -0.2) is 23.3 Å². The third-order valence-electron chi connectivity index (χ3n) is 4.27. The van der Waals surface area contributed by atoms with Crippen LogP contribution in [-0.2, 0) is 9.53 Å². The van der Waals surface area contributed by atoms with Gasteiger partial charge in [0, 0.05) is 6.42 Å². The monoisotopic (exact) mass is 322 g/mol. The quantitative estimate of drug-likeness (QED) is 0.241. The summed E-state index contributed by atoms with van der Waals surface area (Å²) in [5, 5.41) is 8.58. The van der Waals surface area contributed by atoms with Crippen LogP contribution in [0.4, 0.5) is 0 Å². The van der Waals surface area contributed by atoms with Crippen molar-refractivity contribution in [2.45, 2.75) is 96.2 Å². The molecule has 0 radical (unpaired) electrons. The van der Waals surface area contributed by atoms with Crippen LogP contribution in [0.2, 0.25) is 0 Å². The van der Waals surface area contributed by atoms with Gasteiger partial charge in [0.1, 0.15) is 0 Å². The third-order valence-corrected chi connectivity index (χ3v) is 4.27. The van der Waals surface area contributed by atoms with Crippen LogP contribution >= 0.6 is 0 Å². The number of rotatable bonds is 15. The Morgan fingerprint density at radius 2 is 1.70 bits per heavy atom. The van der Waals surface area contributed by atoms with Crippen molar-refractivity contribution in [2.24, 2.45) is 0 Å². The second kappa shape index (κ2) is 13.4. The number of epoxide rings is 1. The van der Waals surface area contributed by atoms with Crippen LogP contribution in [0.5, 0.6) is 0 Å². The number of hydrogen-bond donors (Lipinski definition) is 1. The molecule has 132 valence electrons. The van der Waals surface area contributed by atoms with Crippen LogP contribution in [0.3, 0.4) is 0 Å². The van der Waals surface area contributed by atoms with Crippen molar-refractivity contribution in [3.8, 4) is 0 Å². The van der Waals surface area contributed by atoms with E-state index < -0.39 is 5.97 Å². The van der Waals surface area contributed by atoms with Gasteiger partial charge < -0.3 is 9.84 Å². The highest BCUT2D eigenvalue weighted by Gasteiger charge is 2.36. The summed E-state index contributed by atoms with van der Waals surface area (Å²) >= 11 is 0. The van der Waals surface area contributed by atoms with Gasteiger partial charge in [-0.25, -0.2) is 0 Å². The maximum absolute atomic E-state index is 10.4. The minimum atomic E-state index is -0.713. The van der Waals surface area contributed by atoms with Gasteiger partial charge >= 0.3 is 5.97 Å². The van der Waals surface area contributed by atoms with Crippen molar-refractivity contribution in [1.82, 2.24) is 0 Å². The first-order valence-electron chi connectivity index (χ1n) is 9.41. The van der Waals surface area contributed by atoms with E-state index in [-0.39, 0.29) is 6.42 Å². The minimum absolute atomic E-state index is 0.256. The zero-order valence-corrected chi connectivity index (χ0v) is 14.7. The van der Waals surface area contributed by atoms with Crippen LogP contribution in [0.25, 0.3) is 0 Å². The molecule has 0 aromatic heterocycles. The molecule has 1 rings (SSSR count). The predicted octanol–water partition coefficient (Wildman–Crippen LogP) is 5.65. The molecule has 0 saturated carbocycles. The van der Waals surface area contributed by atoms with E-state index in [2.05, 4.69) is 31.2 Å². The summed E-state index contributed by atoms with van der Waals surface area (Å²) in [5.74, 6) is -0.713. The summed E-state index contributed by atoms with van der Waals surface area (Å²) in [4.78, 5) is 10.4. The largest absolute Gasteiger partial charge is 0.481 e. The Morgan fingerprint density at radius 3 is 2.48 bits per heavy atom. The molecule has 3 heteroatoms. The number of carbonyl (C=O) groups is 1. The Hall–Kier alpha value is -1.09. The number of carboxylic acid groups (broad SMARTS) is 1. The van der Waals surface area contributed by atoms with E-state index in [0.717, 1.165) is 25.7 Å². The zero-order chi connectivity index (χ0) is 16.8. The van der Waals surface area contributed by atoms with Gasteiger partial charge in [-0.2, -0.15) is 0 Å². The fourth-order valence-electron chi connectivity index (χ4n) is 2.76. The minimum Gasteiger partial charge on any atom is -0.481 e. The Balaban J connectivity index is 1.86. The number of aliphatic carboxylic acids is 1. The van der Waals surface area contributed by atoms with Crippen molar-refractivity contribution >= 4 is 5.97 Å². The Bertz CT molecular complexity index is 360. The van der Waals surface area contributed by atoms with Crippen molar-refractivity contribution in [3.05, 3.63) is 24.3 Å². The molecule has 0 aromatic rings. The number of hydrogen-bond acceptors (Lipinski definition) is 2. The molecule has 23 heavy (non-hydrogen) atoms. The summed E-state index contributed by atoms with van der Waals surface area (Å²) in [7, 11) is 0. The maximum Gasteiger partial charge on any atom is 0.303 e. The zero-order valence-electron chi connectivity index (χ0n) is 14.7. The number of carboxylic acids is 1. The molecule has 3 nitrogen and oxygen atoms in total. The second-order valence-corrected chi connectivity index (χ2v) is 6.47. The van der Waals surface area contributed by atoms with Crippen molar-refractivity contribution < 1.29 is 14.6 Å². The van der Waals surface area contributed by atoms with Gasteiger partial charge in [-0.1, -0.05) is 63.3 Å². The first kappa shape index (κ1) is 20.0. The van der Waals surface area contributed by atoms with E-state index in [1.54, 1.807) is 0 Å². The van der Waals surface area contributed by atoms with Gasteiger partial charge in [-0.05, 0) is 38.5 Å². The van der Waals surface area contributed by atoms with E-state index in [1.165, 1.54) is 44.9 Å². The highest BCUT2D eigenvalue weighted by molar-refractivity contribution is 5.66. The van der Waals surface area contributed by atoms with E-state index in [4.69, 9.17) is 9.84 Å². The molecular weight excluding hydrogens is 288 g/mol. The Labute approximate surface area is 141 Å². The SMILES string of the molecule is CCCCCCCC/C=C/C/C=C/CC1OC1CCCC(=O)O. The van der Waals surface area contributed by atoms with Gasteiger partial charge in [0.2, 0.25) is 0 Å². The van der Waals surface area contributed by atoms with Gasteiger partial charge in [-0.15, -0.1) is 0 Å². The molecule has 1 heterocycles. The van der Waals surface area contributed by atoms with Gasteiger partial charge in [0.25, 0.3) is 0 Å². The van der Waals surface area contributed by atoms with Gasteiger partial charge in [0.05, 0.1) is 12.2 Å². The molecule has 0 spiro atoms. The van der Waals surface area contributed by atoms with Crippen molar-refractivity contribution in [1.29, 1.82) is 0 Å². The second-order valence-electron chi connectivity index (χ2n) is 6.47. The normalized spacial score (nSPS) is 20.6. The molecule has 2 atom stereocenters. The fourth-order valence-corrected chi connectivity index (χ4v) is 2.76. The highest BCUT2D eigenvalue weighted by Crippen LogP contribution is 2.30. The standard InChI is InChI=1S/C20H34O3/c1-2-3-4-5-6-7-8-9-10-11-12-13-15-18-19(23-18)16-14-17-20(21)22/h9-10,12-13,18-19H,2-8,11,14-17H2,1H3,(H,21,22)/b10-9+,13-12+. The summed E-state index contributed by atoms with van der Waals surface area (Å²) in [6.07, 6.45) is 22.8. The third kappa shape index (κ3) is 12.1.